The molecule has 1 aliphatic rings. The molecule has 74 valence electrons. The van der Waals surface area contributed by atoms with Gasteiger partial charge < -0.3 is 10.0 Å². The predicted molar refractivity (Wildman–Crippen MR) is 49.9 cm³/mol. The Morgan fingerprint density at radius 1 is 1.64 bits per heavy atom. The minimum absolute atomic E-state index is 0.316. The second-order valence-electron chi connectivity index (χ2n) is 3.44. The lowest BCUT2D eigenvalue weighted by Crippen LogP contribution is -2.35. The molecule has 1 atom stereocenters. The summed E-state index contributed by atoms with van der Waals surface area (Å²) >= 11 is 0. The van der Waals surface area contributed by atoms with Gasteiger partial charge in [-0.2, -0.15) is 0 Å². The number of rotatable bonds is 1. The summed E-state index contributed by atoms with van der Waals surface area (Å²) in [6.07, 6.45) is 0.374. The molecule has 0 amide bonds. The van der Waals surface area contributed by atoms with Gasteiger partial charge in [0.05, 0.1) is 0 Å². The number of halogens is 1. The van der Waals surface area contributed by atoms with E-state index >= 15 is 0 Å². The lowest BCUT2D eigenvalue weighted by molar-refractivity contribution is -0.138. The molecule has 1 aromatic carbocycles. The van der Waals surface area contributed by atoms with Gasteiger partial charge in [0, 0.05) is 19.2 Å². The number of carboxylic acid groups (broad SMARTS) is 1. The van der Waals surface area contributed by atoms with Crippen molar-refractivity contribution >= 4 is 11.7 Å². The highest BCUT2D eigenvalue weighted by molar-refractivity contribution is 5.82. The molecule has 0 bridgehead atoms. The van der Waals surface area contributed by atoms with Gasteiger partial charge >= 0.3 is 5.97 Å². The van der Waals surface area contributed by atoms with E-state index < -0.39 is 12.0 Å². The molecule has 0 fully saturated rings. The largest absolute Gasteiger partial charge is 0.480 e. The van der Waals surface area contributed by atoms with Crippen molar-refractivity contribution in [3.05, 3.63) is 29.6 Å². The van der Waals surface area contributed by atoms with Gasteiger partial charge in [-0.25, -0.2) is 9.18 Å². The highest BCUT2D eigenvalue weighted by Crippen LogP contribution is 2.31. The van der Waals surface area contributed by atoms with Gasteiger partial charge in [-0.3, -0.25) is 0 Å². The normalized spacial score (nSPS) is 19.6. The van der Waals surface area contributed by atoms with Crippen molar-refractivity contribution in [2.75, 3.05) is 11.9 Å². The third-order valence-corrected chi connectivity index (χ3v) is 2.59. The first-order valence-corrected chi connectivity index (χ1v) is 4.33. The van der Waals surface area contributed by atoms with Crippen LogP contribution in [-0.4, -0.2) is 24.2 Å². The molecule has 0 aromatic heterocycles. The number of fused-ring (bicyclic) bond motifs is 1. The average molecular weight is 195 g/mol. The zero-order valence-electron chi connectivity index (χ0n) is 7.70. The minimum atomic E-state index is -0.871. The number of hydrogen-bond acceptors (Lipinski definition) is 2. The lowest BCUT2D eigenvalue weighted by Gasteiger charge is -2.18. The fourth-order valence-electron chi connectivity index (χ4n) is 1.83. The van der Waals surface area contributed by atoms with Crippen LogP contribution in [0.1, 0.15) is 5.56 Å². The van der Waals surface area contributed by atoms with Crippen LogP contribution >= 0.6 is 0 Å². The van der Waals surface area contributed by atoms with E-state index in [2.05, 4.69) is 0 Å². The number of carboxylic acids is 1. The summed E-state index contributed by atoms with van der Waals surface area (Å²) < 4.78 is 12.9. The Labute approximate surface area is 80.8 Å². The summed E-state index contributed by atoms with van der Waals surface area (Å²) in [5, 5.41) is 8.89. The highest BCUT2D eigenvalue weighted by atomic mass is 19.1. The monoisotopic (exact) mass is 195 g/mol. The number of anilines is 1. The molecule has 0 radical (unpaired) electrons. The molecule has 0 spiro atoms. The Bertz CT molecular complexity index is 392. The van der Waals surface area contributed by atoms with E-state index in [1.165, 1.54) is 12.1 Å². The third kappa shape index (κ3) is 1.23. The molecule has 3 nitrogen and oxygen atoms in total. The molecule has 1 aliphatic heterocycles. The maximum absolute atomic E-state index is 12.9. The molecule has 2 rings (SSSR count). The summed E-state index contributed by atoms with van der Waals surface area (Å²) in [6.45, 7) is 0. The molecule has 14 heavy (non-hydrogen) atoms. The summed E-state index contributed by atoms with van der Waals surface area (Å²) in [6, 6.07) is 3.80. The second kappa shape index (κ2) is 2.97. The summed E-state index contributed by atoms with van der Waals surface area (Å²) in [4.78, 5) is 12.5. The lowest BCUT2D eigenvalue weighted by atomic mass is 10.1. The molecule has 4 heteroatoms. The van der Waals surface area contributed by atoms with Crippen LogP contribution in [0.5, 0.6) is 0 Å². The maximum atomic E-state index is 12.9. The van der Waals surface area contributed by atoms with E-state index in [4.69, 9.17) is 5.11 Å². The van der Waals surface area contributed by atoms with Crippen LogP contribution in [0.3, 0.4) is 0 Å². The van der Waals surface area contributed by atoms with E-state index in [0.717, 1.165) is 11.3 Å². The molecule has 1 aromatic rings. The van der Waals surface area contributed by atoms with Crippen molar-refractivity contribution in [3.63, 3.8) is 0 Å². The van der Waals surface area contributed by atoms with Crippen molar-refractivity contribution in [1.29, 1.82) is 0 Å². The quantitative estimate of drug-likeness (QED) is 0.733. The second-order valence-corrected chi connectivity index (χ2v) is 3.44. The number of hydrogen-bond donors (Lipinski definition) is 1. The van der Waals surface area contributed by atoms with Crippen molar-refractivity contribution in [3.8, 4) is 0 Å². The predicted octanol–water partition coefficient (Wildman–Crippen LogP) is 1.27. The van der Waals surface area contributed by atoms with E-state index in [1.807, 2.05) is 0 Å². The first-order chi connectivity index (χ1) is 6.59. The van der Waals surface area contributed by atoms with E-state index in [0.29, 0.717) is 6.42 Å². The average Bonchev–Trinajstić information content (AvgIpc) is 2.43. The summed E-state index contributed by atoms with van der Waals surface area (Å²) in [5.41, 5.74) is 1.57. The Morgan fingerprint density at radius 2 is 2.36 bits per heavy atom. The van der Waals surface area contributed by atoms with E-state index in [9.17, 15) is 9.18 Å². The van der Waals surface area contributed by atoms with E-state index in [1.54, 1.807) is 18.0 Å². The van der Waals surface area contributed by atoms with Crippen molar-refractivity contribution in [1.82, 2.24) is 0 Å². The van der Waals surface area contributed by atoms with Gasteiger partial charge in [0.1, 0.15) is 11.9 Å². The van der Waals surface area contributed by atoms with Crippen LogP contribution in [0.4, 0.5) is 10.1 Å². The molecule has 0 saturated carbocycles. The third-order valence-electron chi connectivity index (χ3n) is 2.59. The zero-order valence-corrected chi connectivity index (χ0v) is 7.70. The number of benzene rings is 1. The van der Waals surface area contributed by atoms with Gasteiger partial charge in [0.15, 0.2) is 0 Å². The highest BCUT2D eigenvalue weighted by Gasteiger charge is 2.31. The Hall–Kier alpha value is -1.58. The van der Waals surface area contributed by atoms with Crippen LogP contribution in [-0.2, 0) is 11.2 Å². The van der Waals surface area contributed by atoms with E-state index in [-0.39, 0.29) is 5.82 Å². The fraction of sp³-hybridized carbons (Fsp3) is 0.300. The molecule has 0 saturated heterocycles. The van der Waals surface area contributed by atoms with Crippen LogP contribution in [0.25, 0.3) is 0 Å². The number of nitrogens with zero attached hydrogens (tertiary/aromatic N) is 1. The minimum Gasteiger partial charge on any atom is -0.480 e. The Balaban J connectivity index is 2.40. The van der Waals surface area contributed by atoms with Crippen LogP contribution in [0.2, 0.25) is 0 Å². The summed E-state index contributed by atoms with van der Waals surface area (Å²) in [5.74, 6) is -1.19. The topological polar surface area (TPSA) is 40.5 Å². The molecule has 0 aliphatic carbocycles. The summed E-state index contributed by atoms with van der Waals surface area (Å²) in [7, 11) is 1.71. The van der Waals surface area contributed by atoms with Crippen molar-refractivity contribution in [2.24, 2.45) is 0 Å². The Morgan fingerprint density at radius 3 is 3.00 bits per heavy atom. The first-order valence-electron chi connectivity index (χ1n) is 4.33. The van der Waals surface area contributed by atoms with Crippen molar-refractivity contribution in [2.45, 2.75) is 12.5 Å². The number of carbonyl (C=O) groups is 1. The molecule has 1 N–H and O–H groups in total. The molecular weight excluding hydrogens is 185 g/mol. The first kappa shape index (κ1) is 8.99. The Kier molecular flexibility index (Phi) is 1.91. The standard InChI is InChI=1S/C10H10FNO2/c1-12-8-3-2-7(11)4-6(8)5-9(12)10(13)14/h2-4,9H,5H2,1H3,(H,13,14)/t9-/m1/s1. The molecule has 1 heterocycles. The van der Waals surface area contributed by atoms with Crippen LogP contribution < -0.4 is 4.90 Å². The van der Waals surface area contributed by atoms with Gasteiger partial charge in [-0.05, 0) is 23.8 Å². The van der Waals surface area contributed by atoms with Gasteiger partial charge in [-0.1, -0.05) is 0 Å². The van der Waals surface area contributed by atoms with Crippen molar-refractivity contribution < 1.29 is 14.3 Å². The fourth-order valence-corrected chi connectivity index (χ4v) is 1.83. The molecule has 0 unspecified atom stereocenters. The van der Waals surface area contributed by atoms with Gasteiger partial charge in [0.25, 0.3) is 0 Å². The van der Waals surface area contributed by atoms with Crippen LogP contribution in [0, 0.1) is 5.82 Å². The van der Waals surface area contributed by atoms with Gasteiger partial charge in [-0.15, -0.1) is 0 Å². The smallest absolute Gasteiger partial charge is 0.326 e. The van der Waals surface area contributed by atoms with Gasteiger partial charge in [0.2, 0.25) is 0 Å². The number of aliphatic carboxylic acids is 1. The SMILES string of the molecule is CN1c2ccc(F)cc2C[C@@H]1C(=O)O. The van der Waals surface area contributed by atoms with Crippen LogP contribution in [0.15, 0.2) is 18.2 Å². The zero-order chi connectivity index (χ0) is 10.3. The molecular formula is C10H10FNO2. The number of likely N-dealkylation sites (N-methyl/N-ethyl adjacent to an activating group) is 1. The maximum Gasteiger partial charge on any atom is 0.326 e.